The van der Waals surface area contributed by atoms with E-state index in [1.54, 1.807) is 26.4 Å². The van der Waals surface area contributed by atoms with Gasteiger partial charge in [0.05, 0.1) is 19.8 Å². The first kappa shape index (κ1) is 26.0. The lowest BCUT2D eigenvalue weighted by Crippen LogP contribution is -2.37. The van der Waals surface area contributed by atoms with Gasteiger partial charge < -0.3 is 19.5 Å². The fourth-order valence-electron chi connectivity index (χ4n) is 6.04. The number of benzene rings is 2. The van der Waals surface area contributed by atoms with E-state index < -0.39 is 11.9 Å². The van der Waals surface area contributed by atoms with Crippen LogP contribution >= 0.6 is 0 Å². The van der Waals surface area contributed by atoms with E-state index in [2.05, 4.69) is 5.32 Å². The molecule has 0 spiro atoms. The van der Waals surface area contributed by atoms with Gasteiger partial charge in [-0.3, -0.25) is 4.79 Å². The van der Waals surface area contributed by atoms with Gasteiger partial charge in [-0.2, -0.15) is 0 Å². The maximum atomic E-state index is 13.8. The van der Waals surface area contributed by atoms with Gasteiger partial charge in [-0.1, -0.05) is 24.6 Å². The molecule has 2 atom stereocenters. The second-order valence-electron chi connectivity index (χ2n) is 10.3. The molecule has 2 aliphatic carbocycles. The van der Waals surface area contributed by atoms with Gasteiger partial charge in [-0.15, -0.1) is 0 Å². The topological polar surface area (TPSA) is 73.9 Å². The summed E-state index contributed by atoms with van der Waals surface area (Å²) in [7, 11) is 3.18. The van der Waals surface area contributed by atoms with E-state index in [0.717, 1.165) is 43.4 Å². The number of halogens is 1. The van der Waals surface area contributed by atoms with E-state index in [1.807, 2.05) is 25.1 Å². The number of carbonyl (C=O) groups is 2. The number of dihydropyridines is 1. The number of Topliss-reactive ketones (excluding diaryl/α,β-unsaturated/α-hetero) is 1. The van der Waals surface area contributed by atoms with Crippen molar-refractivity contribution in [2.24, 2.45) is 0 Å². The van der Waals surface area contributed by atoms with Crippen molar-refractivity contribution in [2.45, 2.75) is 69.8 Å². The molecule has 0 unspecified atom stereocenters. The molecule has 0 bridgehead atoms. The molecule has 1 N–H and O–H groups in total. The molecular weight excluding hydrogens is 485 g/mol. The lowest BCUT2D eigenvalue weighted by molar-refractivity contribution is -0.146. The highest BCUT2D eigenvalue weighted by Crippen LogP contribution is 2.46. The van der Waals surface area contributed by atoms with Crippen molar-refractivity contribution in [2.75, 3.05) is 14.2 Å². The number of rotatable bonds is 6. The monoisotopic (exact) mass is 519 g/mol. The second-order valence-corrected chi connectivity index (χ2v) is 10.3. The van der Waals surface area contributed by atoms with Crippen molar-refractivity contribution >= 4 is 11.8 Å². The van der Waals surface area contributed by atoms with E-state index in [-0.39, 0.29) is 30.0 Å². The average molecular weight is 520 g/mol. The first-order valence-electron chi connectivity index (χ1n) is 13.3. The van der Waals surface area contributed by atoms with Crippen LogP contribution in [-0.2, 0) is 14.3 Å². The van der Waals surface area contributed by atoms with E-state index in [0.29, 0.717) is 40.3 Å². The summed E-state index contributed by atoms with van der Waals surface area (Å²) in [5.41, 5.74) is 4.13. The third-order valence-electron chi connectivity index (χ3n) is 7.96. The molecule has 1 saturated carbocycles. The zero-order valence-corrected chi connectivity index (χ0v) is 22.1. The van der Waals surface area contributed by atoms with E-state index >= 15 is 0 Å². The largest absolute Gasteiger partial charge is 0.493 e. The molecule has 0 saturated heterocycles. The average Bonchev–Trinajstić information content (AvgIpc) is 2.92. The second kappa shape index (κ2) is 11.0. The van der Waals surface area contributed by atoms with Gasteiger partial charge in [-0.05, 0) is 80.3 Å². The maximum Gasteiger partial charge on any atom is 0.337 e. The van der Waals surface area contributed by atoms with Gasteiger partial charge in [0.25, 0.3) is 0 Å². The minimum Gasteiger partial charge on any atom is -0.493 e. The Bertz CT molecular complexity index is 1290. The number of hydrogen-bond donors (Lipinski definition) is 1. The van der Waals surface area contributed by atoms with Crippen LogP contribution in [0.5, 0.6) is 11.5 Å². The van der Waals surface area contributed by atoms with E-state index in [4.69, 9.17) is 14.2 Å². The molecule has 200 valence electrons. The molecule has 1 aliphatic heterocycles. The lowest BCUT2D eigenvalue weighted by atomic mass is 9.71. The summed E-state index contributed by atoms with van der Waals surface area (Å²) in [6.45, 7) is 1.85. The summed E-state index contributed by atoms with van der Waals surface area (Å²) >= 11 is 0. The highest BCUT2D eigenvalue weighted by atomic mass is 19.1. The van der Waals surface area contributed by atoms with Crippen molar-refractivity contribution in [1.82, 2.24) is 5.32 Å². The molecular formula is C31H34FNO5. The highest BCUT2D eigenvalue weighted by molar-refractivity contribution is 6.04. The number of ketones is 1. The smallest absolute Gasteiger partial charge is 0.337 e. The van der Waals surface area contributed by atoms with Gasteiger partial charge in [0.2, 0.25) is 0 Å². The molecule has 0 amide bonds. The van der Waals surface area contributed by atoms with Crippen LogP contribution in [-0.4, -0.2) is 32.1 Å². The van der Waals surface area contributed by atoms with Crippen LogP contribution in [0.15, 0.2) is 65.0 Å². The lowest BCUT2D eigenvalue weighted by Gasteiger charge is -2.37. The van der Waals surface area contributed by atoms with Gasteiger partial charge in [0.1, 0.15) is 11.9 Å². The van der Waals surface area contributed by atoms with Crippen LogP contribution in [0.2, 0.25) is 0 Å². The van der Waals surface area contributed by atoms with Gasteiger partial charge in [-0.25, -0.2) is 9.18 Å². The molecule has 0 aromatic heterocycles. The van der Waals surface area contributed by atoms with Crippen LogP contribution in [0, 0.1) is 5.82 Å². The van der Waals surface area contributed by atoms with Gasteiger partial charge in [0.15, 0.2) is 17.3 Å². The molecule has 2 aromatic carbocycles. The number of allylic oxidation sites excluding steroid dienone is 3. The Kier molecular flexibility index (Phi) is 7.54. The fourth-order valence-corrected chi connectivity index (χ4v) is 6.04. The predicted molar refractivity (Wildman–Crippen MR) is 141 cm³/mol. The summed E-state index contributed by atoms with van der Waals surface area (Å²) in [5, 5.41) is 3.39. The Morgan fingerprint density at radius 3 is 2.29 bits per heavy atom. The SMILES string of the molecule is COc1ccc([C@H]2CC(=O)C3=C(C2)NC(C)=C(C(=O)OC2CCCCC2)[C@H]3c2ccc(F)cc2)cc1OC. The van der Waals surface area contributed by atoms with Crippen molar-refractivity contribution in [1.29, 1.82) is 0 Å². The van der Waals surface area contributed by atoms with Crippen LogP contribution in [0.4, 0.5) is 4.39 Å². The summed E-state index contributed by atoms with van der Waals surface area (Å²) in [4.78, 5) is 27.4. The Labute approximate surface area is 222 Å². The molecule has 6 nitrogen and oxygen atoms in total. The third kappa shape index (κ3) is 5.06. The number of esters is 1. The van der Waals surface area contributed by atoms with Gasteiger partial charge >= 0.3 is 5.97 Å². The van der Waals surface area contributed by atoms with Crippen LogP contribution in [0.1, 0.15) is 74.8 Å². The van der Waals surface area contributed by atoms with Crippen molar-refractivity contribution in [3.63, 3.8) is 0 Å². The number of methoxy groups -OCH3 is 2. The number of ether oxygens (including phenoxy) is 3. The fraction of sp³-hybridized carbons (Fsp3) is 0.419. The number of nitrogens with one attached hydrogen (secondary N) is 1. The molecule has 1 heterocycles. The van der Waals surface area contributed by atoms with Crippen LogP contribution in [0.25, 0.3) is 0 Å². The standard InChI is InChI=1S/C31H34FNO5/c1-18-28(31(35)38-23-7-5-4-6-8-23)29(19-9-12-22(32)13-10-19)30-24(33-18)15-21(16-25(30)34)20-11-14-26(36-2)27(17-20)37-3/h9-14,17,21,23,29,33H,4-8,15-16H2,1-3H3/t21-,29-/m1/s1. The predicted octanol–water partition coefficient (Wildman–Crippen LogP) is 6.08. The van der Waals surface area contributed by atoms with Crippen LogP contribution in [0.3, 0.4) is 0 Å². The highest BCUT2D eigenvalue weighted by Gasteiger charge is 2.42. The zero-order valence-electron chi connectivity index (χ0n) is 22.1. The summed E-state index contributed by atoms with van der Waals surface area (Å²) in [5.74, 6) is -0.242. The number of hydrogen-bond acceptors (Lipinski definition) is 6. The summed E-state index contributed by atoms with van der Waals surface area (Å²) < 4.78 is 30.7. The zero-order chi connectivity index (χ0) is 26.8. The third-order valence-corrected chi connectivity index (χ3v) is 7.96. The number of carbonyl (C=O) groups excluding carboxylic acids is 2. The Balaban J connectivity index is 1.51. The Hall–Kier alpha value is -3.61. The normalized spacial score (nSPS) is 22.1. The molecule has 38 heavy (non-hydrogen) atoms. The minimum absolute atomic E-state index is 0.0386. The summed E-state index contributed by atoms with van der Waals surface area (Å²) in [6, 6.07) is 11.8. The van der Waals surface area contributed by atoms with E-state index in [9.17, 15) is 14.0 Å². The molecule has 0 radical (unpaired) electrons. The van der Waals surface area contributed by atoms with E-state index in [1.165, 1.54) is 12.1 Å². The molecule has 1 fully saturated rings. The van der Waals surface area contributed by atoms with Crippen LogP contribution < -0.4 is 14.8 Å². The Morgan fingerprint density at radius 1 is 0.921 bits per heavy atom. The first-order valence-corrected chi connectivity index (χ1v) is 13.3. The molecule has 5 rings (SSSR count). The Morgan fingerprint density at radius 2 is 1.61 bits per heavy atom. The molecule has 3 aliphatic rings. The first-order chi connectivity index (χ1) is 18.4. The molecule has 2 aromatic rings. The maximum absolute atomic E-state index is 13.8. The minimum atomic E-state index is -0.609. The summed E-state index contributed by atoms with van der Waals surface area (Å²) in [6.07, 6.45) is 5.72. The van der Waals surface area contributed by atoms with Crippen molar-refractivity contribution in [3.8, 4) is 11.5 Å². The van der Waals surface area contributed by atoms with Crippen molar-refractivity contribution in [3.05, 3.63) is 81.9 Å². The van der Waals surface area contributed by atoms with Crippen molar-refractivity contribution < 1.29 is 28.2 Å². The molecule has 7 heteroatoms. The van der Waals surface area contributed by atoms with Gasteiger partial charge in [0, 0.05) is 29.3 Å². The quantitative estimate of drug-likeness (QED) is 0.466.